The molecule has 0 heterocycles. The monoisotopic (exact) mass is 228 g/mol. The summed E-state index contributed by atoms with van der Waals surface area (Å²) in [5.74, 6) is -2.43. The molecule has 2 N–H and O–H groups in total. The van der Waals surface area contributed by atoms with Crippen LogP contribution in [0, 0.1) is 11.8 Å². The number of carbonyl (C=O) groups is 3. The minimum Gasteiger partial charge on any atom is -0.481 e. The minimum absolute atomic E-state index is 0.00529. The molecule has 0 radical (unpaired) electrons. The Morgan fingerprint density at radius 3 is 2.38 bits per heavy atom. The molecule has 2 unspecified atom stereocenters. The third-order valence-corrected chi connectivity index (χ3v) is 2.73. The Kier molecular flexibility index (Phi) is 3.87. The molecule has 1 aliphatic rings. The molecule has 0 aliphatic heterocycles. The van der Waals surface area contributed by atoms with Crippen molar-refractivity contribution in [2.45, 2.75) is 13.3 Å². The lowest BCUT2D eigenvalue weighted by Crippen LogP contribution is -2.40. The molecule has 2 amide bonds. The molecule has 0 aromatic rings. The number of amides is 2. The summed E-state index contributed by atoms with van der Waals surface area (Å²) in [6.07, 6.45) is 0.387. The standard InChI is InChI=1S/C10H16N2O4/c1-3-12(5-8(13)11-2)9(14)6-4-7(6)10(15)16/h6-7H,3-5H2,1-2H3,(H,11,13)(H,15,16). The molecule has 6 nitrogen and oxygen atoms in total. The third kappa shape index (κ3) is 2.71. The van der Waals surface area contributed by atoms with Crippen molar-refractivity contribution in [2.24, 2.45) is 11.8 Å². The summed E-state index contributed by atoms with van der Waals surface area (Å²) in [6, 6.07) is 0. The molecule has 90 valence electrons. The molecule has 0 aromatic carbocycles. The second kappa shape index (κ2) is 4.96. The van der Waals surface area contributed by atoms with Gasteiger partial charge in [0.2, 0.25) is 11.8 Å². The summed E-state index contributed by atoms with van der Waals surface area (Å²) in [4.78, 5) is 34.9. The highest BCUT2D eigenvalue weighted by atomic mass is 16.4. The van der Waals surface area contributed by atoms with Crippen molar-refractivity contribution >= 4 is 17.8 Å². The molecule has 6 heteroatoms. The summed E-state index contributed by atoms with van der Waals surface area (Å²) >= 11 is 0. The van der Waals surface area contributed by atoms with Crippen molar-refractivity contribution in [2.75, 3.05) is 20.1 Å². The van der Waals surface area contributed by atoms with E-state index in [4.69, 9.17) is 5.11 Å². The molecule has 0 spiro atoms. The van der Waals surface area contributed by atoms with Crippen LogP contribution in [-0.4, -0.2) is 47.9 Å². The smallest absolute Gasteiger partial charge is 0.307 e. The van der Waals surface area contributed by atoms with Crippen molar-refractivity contribution in [3.8, 4) is 0 Å². The lowest BCUT2D eigenvalue weighted by molar-refractivity contribution is -0.142. The Hall–Kier alpha value is -1.59. The van der Waals surface area contributed by atoms with E-state index in [-0.39, 0.29) is 18.4 Å². The van der Waals surface area contributed by atoms with Gasteiger partial charge in [0, 0.05) is 13.6 Å². The van der Waals surface area contributed by atoms with Crippen molar-refractivity contribution < 1.29 is 19.5 Å². The molecular formula is C10H16N2O4. The van der Waals surface area contributed by atoms with Gasteiger partial charge in [0.25, 0.3) is 0 Å². The quantitative estimate of drug-likeness (QED) is 0.651. The zero-order valence-electron chi connectivity index (χ0n) is 9.40. The number of carbonyl (C=O) groups excluding carboxylic acids is 2. The Bertz CT molecular complexity index is 316. The number of aliphatic carboxylic acids is 1. The first kappa shape index (κ1) is 12.5. The van der Waals surface area contributed by atoms with Crippen molar-refractivity contribution in [3.05, 3.63) is 0 Å². The maximum atomic E-state index is 11.8. The molecule has 1 fully saturated rings. The van der Waals surface area contributed by atoms with Gasteiger partial charge in [-0.25, -0.2) is 0 Å². The lowest BCUT2D eigenvalue weighted by Gasteiger charge is -2.19. The highest BCUT2D eigenvalue weighted by molar-refractivity contribution is 5.91. The van der Waals surface area contributed by atoms with Crippen molar-refractivity contribution in [1.29, 1.82) is 0 Å². The van der Waals surface area contributed by atoms with E-state index < -0.39 is 17.8 Å². The largest absolute Gasteiger partial charge is 0.481 e. The third-order valence-electron chi connectivity index (χ3n) is 2.73. The SMILES string of the molecule is CCN(CC(=O)NC)C(=O)C1CC1C(=O)O. The van der Waals surface area contributed by atoms with E-state index in [1.165, 1.54) is 11.9 Å². The molecule has 0 saturated heterocycles. The number of carboxylic acids is 1. The number of nitrogens with zero attached hydrogens (tertiary/aromatic N) is 1. The van der Waals surface area contributed by atoms with Gasteiger partial charge in [-0.15, -0.1) is 0 Å². The van der Waals surface area contributed by atoms with Crippen LogP contribution in [-0.2, 0) is 14.4 Å². The van der Waals surface area contributed by atoms with Gasteiger partial charge in [0.15, 0.2) is 0 Å². The van der Waals surface area contributed by atoms with Gasteiger partial charge in [0.1, 0.15) is 0 Å². The van der Waals surface area contributed by atoms with Crippen molar-refractivity contribution in [1.82, 2.24) is 10.2 Å². The second-order valence-corrected chi connectivity index (χ2v) is 3.81. The van der Waals surface area contributed by atoms with Crippen LogP contribution in [0.15, 0.2) is 0 Å². The van der Waals surface area contributed by atoms with Crippen LogP contribution in [0.25, 0.3) is 0 Å². The Balaban J connectivity index is 2.51. The van der Waals surface area contributed by atoms with E-state index in [2.05, 4.69) is 5.32 Å². The molecule has 1 rings (SSSR count). The highest BCUT2D eigenvalue weighted by Gasteiger charge is 2.49. The van der Waals surface area contributed by atoms with Crippen LogP contribution in [0.1, 0.15) is 13.3 Å². The fraction of sp³-hybridized carbons (Fsp3) is 0.700. The van der Waals surface area contributed by atoms with Crippen LogP contribution in [0.3, 0.4) is 0 Å². The fourth-order valence-corrected chi connectivity index (χ4v) is 1.57. The highest BCUT2D eigenvalue weighted by Crippen LogP contribution is 2.39. The number of likely N-dealkylation sites (N-methyl/N-ethyl adjacent to an activating group) is 2. The molecule has 1 saturated carbocycles. The van der Waals surface area contributed by atoms with E-state index >= 15 is 0 Å². The minimum atomic E-state index is -0.936. The van der Waals surface area contributed by atoms with E-state index in [0.717, 1.165) is 0 Å². The van der Waals surface area contributed by atoms with Gasteiger partial charge in [0.05, 0.1) is 18.4 Å². The summed E-state index contributed by atoms with van der Waals surface area (Å²) in [5.41, 5.74) is 0. The van der Waals surface area contributed by atoms with E-state index in [9.17, 15) is 14.4 Å². The zero-order chi connectivity index (χ0) is 12.3. The first-order valence-corrected chi connectivity index (χ1v) is 5.23. The van der Waals surface area contributed by atoms with Gasteiger partial charge in [-0.1, -0.05) is 0 Å². The van der Waals surface area contributed by atoms with Gasteiger partial charge in [-0.2, -0.15) is 0 Å². The first-order chi connectivity index (χ1) is 7.51. The first-order valence-electron chi connectivity index (χ1n) is 5.23. The number of nitrogens with one attached hydrogen (secondary N) is 1. The lowest BCUT2D eigenvalue weighted by atomic mass is 10.2. The van der Waals surface area contributed by atoms with Gasteiger partial charge in [-0.3, -0.25) is 14.4 Å². The molecule has 1 aliphatic carbocycles. The fourth-order valence-electron chi connectivity index (χ4n) is 1.57. The summed E-state index contributed by atoms with van der Waals surface area (Å²) in [6.45, 7) is 2.17. The Morgan fingerprint density at radius 1 is 1.38 bits per heavy atom. The number of hydrogen-bond acceptors (Lipinski definition) is 3. The van der Waals surface area contributed by atoms with Crippen LogP contribution in [0.5, 0.6) is 0 Å². The molecule has 2 atom stereocenters. The average molecular weight is 228 g/mol. The molecule has 0 bridgehead atoms. The number of hydrogen-bond donors (Lipinski definition) is 2. The summed E-state index contributed by atoms with van der Waals surface area (Å²) < 4.78 is 0. The second-order valence-electron chi connectivity index (χ2n) is 3.81. The summed E-state index contributed by atoms with van der Waals surface area (Å²) in [5, 5.41) is 11.1. The average Bonchev–Trinajstić information content (AvgIpc) is 3.04. The number of rotatable bonds is 5. The number of carboxylic acid groups (broad SMARTS) is 1. The molecule has 0 aromatic heterocycles. The van der Waals surface area contributed by atoms with E-state index in [0.29, 0.717) is 13.0 Å². The van der Waals surface area contributed by atoms with Crippen LogP contribution in [0.4, 0.5) is 0 Å². The van der Waals surface area contributed by atoms with E-state index in [1.807, 2.05) is 0 Å². The van der Waals surface area contributed by atoms with Crippen LogP contribution >= 0.6 is 0 Å². The zero-order valence-corrected chi connectivity index (χ0v) is 9.40. The van der Waals surface area contributed by atoms with Gasteiger partial charge >= 0.3 is 5.97 Å². The predicted octanol–water partition coefficient (Wildman–Crippen LogP) is -0.698. The Labute approximate surface area is 93.6 Å². The topological polar surface area (TPSA) is 86.7 Å². The Morgan fingerprint density at radius 2 is 2.00 bits per heavy atom. The molecule has 16 heavy (non-hydrogen) atoms. The maximum absolute atomic E-state index is 11.8. The normalized spacial score (nSPS) is 22.4. The summed E-state index contributed by atoms with van der Waals surface area (Å²) in [7, 11) is 1.50. The van der Waals surface area contributed by atoms with Gasteiger partial charge < -0.3 is 15.3 Å². The van der Waals surface area contributed by atoms with Crippen LogP contribution in [0.2, 0.25) is 0 Å². The van der Waals surface area contributed by atoms with Gasteiger partial charge in [-0.05, 0) is 13.3 Å². The maximum Gasteiger partial charge on any atom is 0.307 e. The van der Waals surface area contributed by atoms with Crippen LogP contribution < -0.4 is 5.32 Å². The van der Waals surface area contributed by atoms with E-state index in [1.54, 1.807) is 6.92 Å². The van der Waals surface area contributed by atoms with Crippen molar-refractivity contribution in [3.63, 3.8) is 0 Å². The molecular weight excluding hydrogens is 212 g/mol. The predicted molar refractivity (Wildman–Crippen MR) is 55.6 cm³/mol.